The van der Waals surface area contributed by atoms with Gasteiger partial charge >= 0.3 is 6.03 Å². The molecule has 0 saturated heterocycles. The summed E-state index contributed by atoms with van der Waals surface area (Å²) in [5.41, 5.74) is 6.24. The molecule has 6 heteroatoms. The van der Waals surface area contributed by atoms with Gasteiger partial charge in [-0.25, -0.2) is 17.5 Å². The predicted octanol–water partition coefficient (Wildman–Crippen LogP) is 2.01. The van der Waals surface area contributed by atoms with Crippen LogP contribution in [-0.2, 0) is 10.0 Å². The Bertz CT molecular complexity index is 560. The maximum Gasteiger partial charge on any atom is 0.328 e. The highest BCUT2D eigenvalue weighted by Crippen LogP contribution is 2.28. The van der Waals surface area contributed by atoms with Crippen LogP contribution in [0, 0.1) is 6.92 Å². The van der Waals surface area contributed by atoms with Crippen LogP contribution in [0.1, 0.15) is 31.2 Å². The molecule has 1 aromatic carbocycles. The zero-order valence-electron chi connectivity index (χ0n) is 10.9. The van der Waals surface area contributed by atoms with Crippen LogP contribution >= 0.6 is 0 Å². The lowest BCUT2D eigenvalue weighted by molar-refractivity contribution is 0.221. The molecule has 5 nitrogen and oxygen atoms in total. The number of hydrogen-bond acceptors (Lipinski definition) is 3. The Labute approximate surface area is 113 Å². The number of nitrogens with zero attached hydrogens (tertiary/aromatic N) is 1. The minimum absolute atomic E-state index is 0.115. The van der Waals surface area contributed by atoms with Crippen LogP contribution < -0.4 is 5.73 Å². The van der Waals surface area contributed by atoms with Crippen molar-refractivity contribution >= 4 is 16.1 Å². The summed E-state index contributed by atoms with van der Waals surface area (Å²) in [7, 11) is -3.84. The first kappa shape index (κ1) is 13.9. The second-order valence-electron chi connectivity index (χ2n) is 4.89. The summed E-state index contributed by atoms with van der Waals surface area (Å²) in [4.78, 5) is 11.7. The molecule has 1 saturated carbocycles. The molecular weight excluding hydrogens is 264 g/mol. The van der Waals surface area contributed by atoms with Gasteiger partial charge in [-0.3, -0.25) is 0 Å². The van der Waals surface area contributed by atoms with Crippen LogP contribution in [0.5, 0.6) is 0 Å². The van der Waals surface area contributed by atoms with Gasteiger partial charge in [-0.15, -0.1) is 0 Å². The number of urea groups is 1. The van der Waals surface area contributed by atoms with Crippen LogP contribution in [0.25, 0.3) is 0 Å². The van der Waals surface area contributed by atoms with E-state index in [1.165, 1.54) is 12.1 Å². The molecule has 1 aromatic rings. The average Bonchev–Trinajstić information content (AvgIpc) is 2.82. The molecule has 0 spiro atoms. The van der Waals surface area contributed by atoms with E-state index in [1.807, 2.05) is 6.92 Å². The standard InChI is InChI=1S/C13H18N2O3S/c1-10-6-8-12(9-7-10)19(17,18)15(13(14)16)11-4-2-3-5-11/h6-9,11H,2-5H2,1H3,(H2,14,16). The van der Waals surface area contributed by atoms with E-state index in [4.69, 9.17) is 5.73 Å². The van der Waals surface area contributed by atoms with Crippen LogP contribution in [0.15, 0.2) is 29.2 Å². The Morgan fingerprint density at radius 2 is 1.74 bits per heavy atom. The van der Waals surface area contributed by atoms with Crippen molar-refractivity contribution < 1.29 is 13.2 Å². The first-order valence-electron chi connectivity index (χ1n) is 6.33. The van der Waals surface area contributed by atoms with E-state index < -0.39 is 16.1 Å². The summed E-state index contributed by atoms with van der Waals surface area (Å²) < 4.78 is 25.8. The van der Waals surface area contributed by atoms with E-state index in [0.717, 1.165) is 22.7 Å². The molecule has 1 fully saturated rings. The minimum atomic E-state index is -3.84. The van der Waals surface area contributed by atoms with E-state index in [2.05, 4.69) is 0 Å². The maximum absolute atomic E-state index is 12.5. The van der Waals surface area contributed by atoms with Crippen molar-refractivity contribution in [1.82, 2.24) is 4.31 Å². The van der Waals surface area contributed by atoms with Crippen LogP contribution in [0.4, 0.5) is 4.79 Å². The fourth-order valence-electron chi connectivity index (χ4n) is 2.46. The van der Waals surface area contributed by atoms with Crippen LogP contribution in [0.3, 0.4) is 0 Å². The van der Waals surface area contributed by atoms with Gasteiger partial charge in [0.05, 0.1) is 10.9 Å². The number of rotatable bonds is 3. The van der Waals surface area contributed by atoms with Crippen molar-refractivity contribution in [2.45, 2.75) is 43.5 Å². The third kappa shape index (κ3) is 2.73. The molecule has 0 heterocycles. The molecule has 0 atom stereocenters. The number of hydrogen-bond donors (Lipinski definition) is 1. The number of benzene rings is 1. The number of carbonyl (C=O) groups is 1. The third-order valence-electron chi connectivity index (χ3n) is 3.45. The topological polar surface area (TPSA) is 80.5 Å². The monoisotopic (exact) mass is 282 g/mol. The highest BCUT2D eigenvalue weighted by Gasteiger charge is 2.35. The second-order valence-corrected chi connectivity index (χ2v) is 6.71. The smallest absolute Gasteiger partial charge is 0.328 e. The van der Waals surface area contributed by atoms with Gasteiger partial charge in [-0.2, -0.15) is 0 Å². The second kappa shape index (κ2) is 5.21. The van der Waals surface area contributed by atoms with Gasteiger partial charge in [0.25, 0.3) is 10.0 Å². The van der Waals surface area contributed by atoms with Crippen molar-refractivity contribution in [2.24, 2.45) is 5.73 Å². The van der Waals surface area contributed by atoms with Gasteiger partial charge in [-0.05, 0) is 31.9 Å². The van der Waals surface area contributed by atoms with Gasteiger partial charge in [0.1, 0.15) is 0 Å². The van der Waals surface area contributed by atoms with E-state index in [0.29, 0.717) is 12.8 Å². The quantitative estimate of drug-likeness (QED) is 0.920. The Kier molecular flexibility index (Phi) is 3.80. The molecule has 2 amide bonds. The summed E-state index contributed by atoms with van der Waals surface area (Å²) in [5.74, 6) is 0. The summed E-state index contributed by atoms with van der Waals surface area (Å²) in [6.07, 6.45) is 3.23. The lowest BCUT2D eigenvalue weighted by Gasteiger charge is -2.26. The summed E-state index contributed by atoms with van der Waals surface area (Å²) in [5, 5.41) is 0. The van der Waals surface area contributed by atoms with E-state index >= 15 is 0 Å². The minimum Gasteiger partial charge on any atom is -0.351 e. The average molecular weight is 282 g/mol. The summed E-state index contributed by atoms with van der Waals surface area (Å²) in [6, 6.07) is 5.24. The molecule has 2 N–H and O–H groups in total. The van der Waals surface area contributed by atoms with Gasteiger partial charge in [0.15, 0.2) is 0 Å². The highest BCUT2D eigenvalue weighted by atomic mass is 32.2. The van der Waals surface area contributed by atoms with Crippen molar-refractivity contribution in [3.05, 3.63) is 29.8 Å². The summed E-state index contributed by atoms with van der Waals surface area (Å²) in [6.45, 7) is 1.87. The highest BCUT2D eigenvalue weighted by molar-refractivity contribution is 7.89. The Balaban J connectivity index is 2.39. The number of aryl methyl sites for hydroxylation is 1. The number of nitrogens with two attached hydrogens (primary N) is 1. The fourth-order valence-corrected chi connectivity index (χ4v) is 4.00. The van der Waals surface area contributed by atoms with Gasteiger partial charge < -0.3 is 5.73 Å². The fraction of sp³-hybridized carbons (Fsp3) is 0.462. The van der Waals surface area contributed by atoms with Crippen molar-refractivity contribution in [3.63, 3.8) is 0 Å². The molecule has 1 aliphatic rings. The normalized spacial score (nSPS) is 16.5. The molecule has 1 aliphatic carbocycles. The SMILES string of the molecule is Cc1ccc(S(=O)(=O)N(C(N)=O)C2CCCC2)cc1. The van der Waals surface area contributed by atoms with E-state index in [9.17, 15) is 13.2 Å². The number of amides is 2. The largest absolute Gasteiger partial charge is 0.351 e. The zero-order chi connectivity index (χ0) is 14.0. The Hall–Kier alpha value is -1.56. The van der Waals surface area contributed by atoms with E-state index in [-0.39, 0.29) is 10.9 Å². The number of primary amides is 1. The molecule has 0 aliphatic heterocycles. The number of carbonyl (C=O) groups excluding carboxylic acids is 1. The molecular formula is C13H18N2O3S. The molecule has 0 bridgehead atoms. The first-order chi connectivity index (χ1) is 8.93. The van der Waals surface area contributed by atoms with E-state index in [1.54, 1.807) is 12.1 Å². The van der Waals surface area contributed by atoms with Crippen LogP contribution in [-0.4, -0.2) is 24.8 Å². The summed E-state index contributed by atoms with van der Waals surface area (Å²) >= 11 is 0. The Morgan fingerprint density at radius 1 is 1.21 bits per heavy atom. The molecule has 0 aromatic heterocycles. The van der Waals surface area contributed by atoms with Crippen molar-refractivity contribution in [3.8, 4) is 0 Å². The zero-order valence-corrected chi connectivity index (χ0v) is 11.7. The first-order valence-corrected chi connectivity index (χ1v) is 7.77. The van der Waals surface area contributed by atoms with Crippen LogP contribution in [0.2, 0.25) is 0 Å². The van der Waals surface area contributed by atoms with Gasteiger partial charge in [0, 0.05) is 0 Å². The van der Waals surface area contributed by atoms with Gasteiger partial charge in [-0.1, -0.05) is 30.5 Å². The predicted molar refractivity (Wildman–Crippen MR) is 72.0 cm³/mol. The lowest BCUT2D eigenvalue weighted by Crippen LogP contribution is -2.46. The van der Waals surface area contributed by atoms with Gasteiger partial charge in [0.2, 0.25) is 0 Å². The lowest BCUT2D eigenvalue weighted by atomic mass is 10.2. The molecule has 19 heavy (non-hydrogen) atoms. The Morgan fingerprint density at radius 3 is 2.21 bits per heavy atom. The number of sulfonamides is 1. The molecule has 0 radical (unpaired) electrons. The molecule has 104 valence electrons. The molecule has 0 unspecified atom stereocenters. The van der Waals surface area contributed by atoms with Crippen molar-refractivity contribution in [1.29, 1.82) is 0 Å². The molecule has 2 rings (SSSR count). The van der Waals surface area contributed by atoms with Crippen molar-refractivity contribution in [2.75, 3.05) is 0 Å². The maximum atomic E-state index is 12.5. The third-order valence-corrected chi connectivity index (χ3v) is 5.32.